The molecule has 1 aromatic rings. The first kappa shape index (κ1) is 9.66. The van der Waals surface area contributed by atoms with Gasteiger partial charge in [0.15, 0.2) is 5.78 Å². The third-order valence-electron chi connectivity index (χ3n) is 4.43. The molecule has 1 aromatic carbocycles. The van der Waals surface area contributed by atoms with Crippen molar-refractivity contribution >= 4 is 5.78 Å². The standard InChI is InChI=1S/C14H15NO2/c16-11-8-14(7-9-5-6-13(14)15-9)17-12-4-2-1-3-10(11)12/h1-4,9,13,15H,5-8H2/t9-,13-,14+/m0/s1. The highest BCUT2D eigenvalue weighted by Crippen LogP contribution is 2.46. The van der Waals surface area contributed by atoms with Crippen molar-refractivity contribution in [2.45, 2.75) is 43.4 Å². The highest BCUT2D eigenvalue weighted by molar-refractivity contribution is 6.00. The number of benzene rings is 1. The minimum Gasteiger partial charge on any atom is -0.484 e. The van der Waals surface area contributed by atoms with Crippen LogP contribution in [0.3, 0.4) is 0 Å². The van der Waals surface area contributed by atoms with Crippen molar-refractivity contribution in [1.82, 2.24) is 5.32 Å². The van der Waals surface area contributed by atoms with E-state index in [2.05, 4.69) is 5.32 Å². The minimum absolute atomic E-state index is 0.237. The summed E-state index contributed by atoms with van der Waals surface area (Å²) in [7, 11) is 0. The van der Waals surface area contributed by atoms with E-state index in [9.17, 15) is 4.79 Å². The van der Waals surface area contributed by atoms with Crippen molar-refractivity contribution in [1.29, 1.82) is 0 Å². The van der Waals surface area contributed by atoms with Gasteiger partial charge in [-0.1, -0.05) is 12.1 Å². The molecule has 0 unspecified atom stereocenters. The number of carbonyl (C=O) groups is 1. The molecule has 2 fully saturated rings. The van der Waals surface area contributed by atoms with Gasteiger partial charge in [-0.2, -0.15) is 0 Å². The lowest BCUT2D eigenvalue weighted by Crippen LogP contribution is -2.51. The molecular formula is C14H15NO2. The van der Waals surface area contributed by atoms with E-state index >= 15 is 0 Å². The van der Waals surface area contributed by atoms with Crippen LogP contribution < -0.4 is 10.1 Å². The normalized spacial score (nSPS) is 38.2. The molecule has 0 aromatic heterocycles. The average Bonchev–Trinajstić information content (AvgIpc) is 2.89. The molecule has 3 aliphatic rings. The van der Waals surface area contributed by atoms with Gasteiger partial charge in [0.2, 0.25) is 0 Å². The Kier molecular flexibility index (Phi) is 1.76. The van der Waals surface area contributed by atoms with Gasteiger partial charge in [0.05, 0.1) is 12.0 Å². The Hall–Kier alpha value is -1.35. The zero-order valence-corrected chi connectivity index (χ0v) is 9.61. The Bertz CT molecular complexity index is 499. The number of rotatable bonds is 0. The number of para-hydroxylation sites is 1. The second kappa shape index (κ2) is 3.10. The van der Waals surface area contributed by atoms with Crippen molar-refractivity contribution in [3.63, 3.8) is 0 Å². The molecule has 3 nitrogen and oxygen atoms in total. The number of hydrogen-bond acceptors (Lipinski definition) is 3. The minimum atomic E-state index is -0.256. The summed E-state index contributed by atoms with van der Waals surface area (Å²) in [5.41, 5.74) is 0.495. The second-order valence-electron chi connectivity index (χ2n) is 5.46. The van der Waals surface area contributed by atoms with Crippen molar-refractivity contribution in [3.05, 3.63) is 29.8 Å². The maximum atomic E-state index is 12.2. The van der Waals surface area contributed by atoms with E-state index in [4.69, 9.17) is 4.74 Å². The van der Waals surface area contributed by atoms with Gasteiger partial charge >= 0.3 is 0 Å². The van der Waals surface area contributed by atoms with Gasteiger partial charge in [-0.15, -0.1) is 0 Å². The van der Waals surface area contributed by atoms with E-state index in [1.807, 2.05) is 24.3 Å². The Balaban J connectivity index is 1.77. The van der Waals surface area contributed by atoms with Crippen LogP contribution >= 0.6 is 0 Å². The van der Waals surface area contributed by atoms with Gasteiger partial charge in [0.25, 0.3) is 0 Å². The molecule has 3 atom stereocenters. The molecule has 3 aliphatic heterocycles. The SMILES string of the molecule is O=C1C[C@@]2(C[C@@H]3CC[C@@H]2N3)Oc2ccccc21. The molecule has 0 aliphatic carbocycles. The first-order valence-corrected chi connectivity index (χ1v) is 6.34. The molecule has 1 N–H and O–H groups in total. The molecule has 1 spiro atoms. The highest BCUT2D eigenvalue weighted by Gasteiger charge is 2.55. The molecule has 17 heavy (non-hydrogen) atoms. The number of ketones is 1. The molecule has 0 saturated carbocycles. The molecule has 88 valence electrons. The van der Waals surface area contributed by atoms with Crippen LogP contribution in [-0.2, 0) is 0 Å². The second-order valence-corrected chi connectivity index (χ2v) is 5.46. The molecule has 3 heterocycles. The largest absolute Gasteiger partial charge is 0.484 e. The van der Waals surface area contributed by atoms with Gasteiger partial charge in [0.1, 0.15) is 11.4 Å². The fraction of sp³-hybridized carbons (Fsp3) is 0.500. The van der Waals surface area contributed by atoms with Crippen LogP contribution in [-0.4, -0.2) is 23.5 Å². The van der Waals surface area contributed by atoms with Crippen molar-refractivity contribution in [3.8, 4) is 5.75 Å². The first-order valence-electron chi connectivity index (χ1n) is 6.34. The van der Waals surface area contributed by atoms with Crippen LogP contribution in [0.2, 0.25) is 0 Å². The summed E-state index contributed by atoms with van der Waals surface area (Å²) >= 11 is 0. The average molecular weight is 229 g/mol. The van der Waals surface area contributed by atoms with Crippen molar-refractivity contribution in [2.75, 3.05) is 0 Å². The topological polar surface area (TPSA) is 38.3 Å². The van der Waals surface area contributed by atoms with Crippen LogP contribution in [0.4, 0.5) is 0 Å². The molecule has 0 amide bonds. The monoisotopic (exact) mass is 229 g/mol. The smallest absolute Gasteiger partial charge is 0.170 e. The number of carbonyl (C=O) groups excluding carboxylic acids is 1. The number of ether oxygens (including phenoxy) is 1. The number of fused-ring (bicyclic) bond motifs is 4. The van der Waals surface area contributed by atoms with Gasteiger partial charge in [-0.3, -0.25) is 4.79 Å². The summed E-state index contributed by atoms with van der Waals surface area (Å²) < 4.78 is 6.20. The van der Waals surface area contributed by atoms with Crippen LogP contribution in [0.15, 0.2) is 24.3 Å². The molecule has 2 saturated heterocycles. The summed E-state index contributed by atoms with van der Waals surface area (Å²) in [6.07, 6.45) is 3.89. The lowest BCUT2D eigenvalue weighted by molar-refractivity contribution is 0.0232. The van der Waals surface area contributed by atoms with Crippen molar-refractivity contribution < 1.29 is 9.53 Å². The first-order chi connectivity index (χ1) is 8.27. The predicted octanol–water partition coefficient (Wildman–Crippen LogP) is 1.91. The predicted molar refractivity (Wildman–Crippen MR) is 63.3 cm³/mol. The zero-order chi connectivity index (χ0) is 11.5. The highest BCUT2D eigenvalue weighted by atomic mass is 16.5. The maximum Gasteiger partial charge on any atom is 0.170 e. The Labute approximate surface area is 100 Å². The van der Waals surface area contributed by atoms with Crippen LogP contribution in [0.5, 0.6) is 5.75 Å². The quantitative estimate of drug-likeness (QED) is 0.738. The van der Waals surface area contributed by atoms with Crippen LogP contribution in [0.1, 0.15) is 36.0 Å². The van der Waals surface area contributed by atoms with Gasteiger partial charge in [-0.25, -0.2) is 0 Å². The van der Waals surface area contributed by atoms with Crippen LogP contribution in [0.25, 0.3) is 0 Å². The molecule has 0 radical (unpaired) electrons. The van der Waals surface area contributed by atoms with E-state index < -0.39 is 0 Å². The van der Waals surface area contributed by atoms with E-state index in [0.717, 1.165) is 24.2 Å². The summed E-state index contributed by atoms with van der Waals surface area (Å²) in [6, 6.07) is 8.54. The van der Waals surface area contributed by atoms with E-state index in [1.165, 1.54) is 6.42 Å². The lowest BCUT2D eigenvalue weighted by Gasteiger charge is -2.40. The summed E-state index contributed by atoms with van der Waals surface area (Å²) in [5, 5.41) is 3.56. The van der Waals surface area contributed by atoms with Gasteiger partial charge in [-0.05, 0) is 25.0 Å². The Morgan fingerprint density at radius 3 is 2.94 bits per heavy atom. The number of nitrogens with one attached hydrogen (secondary N) is 1. The Morgan fingerprint density at radius 2 is 2.18 bits per heavy atom. The van der Waals surface area contributed by atoms with Crippen molar-refractivity contribution in [2.24, 2.45) is 0 Å². The number of hydrogen-bond donors (Lipinski definition) is 1. The molecule has 2 bridgehead atoms. The molecular weight excluding hydrogens is 214 g/mol. The summed E-state index contributed by atoms with van der Waals surface area (Å²) in [4.78, 5) is 12.2. The maximum absolute atomic E-state index is 12.2. The summed E-state index contributed by atoms with van der Waals surface area (Å²) in [6.45, 7) is 0. The molecule has 4 rings (SSSR count). The molecule has 3 heteroatoms. The Morgan fingerprint density at radius 1 is 1.29 bits per heavy atom. The third-order valence-corrected chi connectivity index (χ3v) is 4.43. The fourth-order valence-corrected chi connectivity index (χ4v) is 3.67. The lowest BCUT2D eigenvalue weighted by atomic mass is 9.78. The third kappa shape index (κ3) is 1.23. The fourth-order valence-electron chi connectivity index (χ4n) is 3.67. The van der Waals surface area contributed by atoms with E-state index in [1.54, 1.807) is 0 Å². The van der Waals surface area contributed by atoms with Gasteiger partial charge in [0, 0.05) is 18.5 Å². The van der Waals surface area contributed by atoms with E-state index in [-0.39, 0.29) is 11.4 Å². The van der Waals surface area contributed by atoms with E-state index in [0.29, 0.717) is 18.5 Å². The van der Waals surface area contributed by atoms with Gasteiger partial charge < -0.3 is 10.1 Å². The zero-order valence-electron chi connectivity index (χ0n) is 9.61. The van der Waals surface area contributed by atoms with Crippen LogP contribution in [0, 0.1) is 0 Å². The summed E-state index contributed by atoms with van der Waals surface area (Å²) in [5.74, 6) is 1.01. The number of Topliss-reactive ketones (excluding diaryl/α,β-unsaturated/α-hetero) is 1.